The van der Waals surface area contributed by atoms with Gasteiger partial charge in [-0.3, -0.25) is 9.78 Å². The fourth-order valence-corrected chi connectivity index (χ4v) is 2.39. The van der Waals surface area contributed by atoms with E-state index in [1.165, 1.54) is 0 Å². The molecule has 0 aliphatic rings. The molecular formula is C19H18N2O2. The third kappa shape index (κ3) is 3.86. The van der Waals surface area contributed by atoms with Crippen LogP contribution < -0.4 is 10.1 Å². The van der Waals surface area contributed by atoms with Gasteiger partial charge in [0.05, 0.1) is 24.2 Å². The van der Waals surface area contributed by atoms with E-state index in [0.717, 1.165) is 27.9 Å². The maximum absolute atomic E-state index is 12.1. The zero-order valence-corrected chi connectivity index (χ0v) is 13.0. The van der Waals surface area contributed by atoms with E-state index in [1.807, 2.05) is 61.5 Å². The Morgan fingerprint density at radius 2 is 2.00 bits per heavy atom. The van der Waals surface area contributed by atoms with Gasteiger partial charge in [0.15, 0.2) is 0 Å². The van der Waals surface area contributed by atoms with Gasteiger partial charge in [0, 0.05) is 11.6 Å². The average Bonchev–Trinajstić information content (AvgIpc) is 2.55. The van der Waals surface area contributed by atoms with Crippen LogP contribution in [0.2, 0.25) is 0 Å². The molecule has 0 unspecified atom stereocenters. The second-order valence-corrected chi connectivity index (χ2v) is 5.34. The highest BCUT2D eigenvalue weighted by molar-refractivity contribution is 6.00. The largest absolute Gasteiger partial charge is 0.493 e. The number of ether oxygens (including phenoxy) is 1. The summed E-state index contributed by atoms with van der Waals surface area (Å²) in [6.07, 6.45) is 2.04. The first-order valence-corrected chi connectivity index (χ1v) is 7.55. The maximum atomic E-state index is 12.1. The molecule has 1 N–H and O–H groups in total. The number of hydrogen-bond acceptors (Lipinski definition) is 3. The Bertz CT molecular complexity index is 825. The minimum absolute atomic E-state index is 0.0750. The van der Waals surface area contributed by atoms with E-state index in [4.69, 9.17) is 4.74 Å². The molecular weight excluding hydrogens is 288 g/mol. The van der Waals surface area contributed by atoms with Crippen LogP contribution in [-0.4, -0.2) is 17.5 Å². The molecule has 23 heavy (non-hydrogen) atoms. The van der Waals surface area contributed by atoms with Gasteiger partial charge in [-0.05, 0) is 48.9 Å². The van der Waals surface area contributed by atoms with Crippen molar-refractivity contribution < 1.29 is 9.53 Å². The first kappa shape index (κ1) is 15.0. The van der Waals surface area contributed by atoms with Crippen LogP contribution in [0.4, 0.5) is 5.69 Å². The minimum Gasteiger partial charge on any atom is -0.493 e. The maximum Gasteiger partial charge on any atom is 0.227 e. The Balaban J connectivity index is 1.59. The molecule has 0 radical (unpaired) electrons. The summed E-state index contributed by atoms with van der Waals surface area (Å²) in [7, 11) is 0. The molecule has 0 saturated carbocycles. The van der Waals surface area contributed by atoms with Crippen molar-refractivity contribution in [2.24, 2.45) is 0 Å². The van der Waals surface area contributed by atoms with Crippen LogP contribution >= 0.6 is 0 Å². The number of benzene rings is 2. The number of nitrogens with one attached hydrogen (secondary N) is 1. The number of carbonyl (C=O) groups is 1. The molecule has 2 aromatic carbocycles. The Morgan fingerprint density at radius 3 is 2.87 bits per heavy atom. The van der Waals surface area contributed by atoms with Crippen molar-refractivity contribution in [1.82, 2.24) is 4.98 Å². The molecule has 3 rings (SSSR count). The number of pyridine rings is 1. The monoisotopic (exact) mass is 306 g/mol. The molecule has 1 heterocycles. The standard InChI is InChI=1S/C19H18N2O2/c1-14-5-2-6-15(13-14)23-12-10-19(22)21-18-9-3-8-17-16(18)7-4-11-20-17/h2-9,11,13H,10,12H2,1H3,(H,21,22). The molecule has 1 amide bonds. The van der Waals surface area contributed by atoms with Gasteiger partial charge < -0.3 is 10.1 Å². The molecule has 0 aliphatic carbocycles. The summed E-state index contributed by atoms with van der Waals surface area (Å²) in [5.74, 6) is 0.709. The molecule has 4 heteroatoms. The lowest BCUT2D eigenvalue weighted by atomic mass is 10.2. The van der Waals surface area contributed by atoms with Crippen molar-refractivity contribution >= 4 is 22.5 Å². The number of aromatic nitrogens is 1. The summed E-state index contributed by atoms with van der Waals surface area (Å²) in [6.45, 7) is 2.35. The van der Waals surface area contributed by atoms with Crippen molar-refractivity contribution in [3.63, 3.8) is 0 Å². The molecule has 3 aromatic rings. The number of aryl methyl sites for hydroxylation is 1. The predicted molar refractivity (Wildman–Crippen MR) is 91.7 cm³/mol. The second kappa shape index (κ2) is 6.92. The third-order valence-electron chi connectivity index (χ3n) is 3.51. The molecule has 116 valence electrons. The van der Waals surface area contributed by atoms with Crippen LogP contribution in [0.15, 0.2) is 60.8 Å². The average molecular weight is 306 g/mol. The number of anilines is 1. The lowest BCUT2D eigenvalue weighted by molar-refractivity contribution is -0.116. The van der Waals surface area contributed by atoms with Crippen LogP contribution in [0.1, 0.15) is 12.0 Å². The summed E-state index contributed by atoms with van der Waals surface area (Å²) >= 11 is 0. The van der Waals surface area contributed by atoms with Crippen LogP contribution in [0.5, 0.6) is 5.75 Å². The number of rotatable bonds is 5. The molecule has 0 atom stereocenters. The number of carbonyl (C=O) groups excluding carboxylic acids is 1. The zero-order valence-electron chi connectivity index (χ0n) is 13.0. The third-order valence-corrected chi connectivity index (χ3v) is 3.51. The molecule has 0 bridgehead atoms. The Hall–Kier alpha value is -2.88. The van der Waals surface area contributed by atoms with Gasteiger partial charge in [0.2, 0.25) is 5.91 Å². The number of amides is 1. The summed E-state index contributed by atoms with van der Waals surface area (Å²) in [6, 6.07) is 17.3. The molecule has 0 saturated heterocycles. The van der Waals surface area contributed by atoms with Crippen LogP contribution in [0, 0.1) is 6.92 Å². The van der Waals surface area contributed by atoms with Crippen LogP contribution in [0.3, 0.4) is 0 Å². The summed E-state index contributed by atoms with van der Waals surface area (Å²) in [5, 5.41) is 3.86. The lowest BCUT2D eigenvalue weighted by Gasteiger charge is -2.09. The van der Waals surface area contributed by atoms with E-state index in [-0.39, 0.29) is 5.91 Å². The van der Waals surface area contributed by atoms with Gasteiger partial charge in [-0.2, -0.15) is 0 Å². The van der Waals surface area contributed by atoms with Gasteiger partial charge in [0.1, 0.15) is 5.75 Å². The number of fused-ring (bicyclic) bond motifs is 1. The highest BCUT2D eigenvalue weighted by atomic mass is 16.5. The highest BCUT2D eigenvalue weighted by Crippen LogP contribution is 2.21. The van der Waals surface area contributed by atoms with Gasteiger partial charge in [-0.15, -0.1) is 0 Å². The Kier molecular flexibility index (Phi) is 4.52. The molecule has 4 nitrogen and oxygen atoms in total. The van der Waals surface area contributed by atoms with Gasteiger partial charge in [-0.1, -0.05) is 18.2 Å². The fraction of sp³-hybridized carbons (Fsp3) is 0.158. The normalized spacial score (nSPS) is 10.5. The molecule has 0 fully saturated rings. The second-order valence-electron chi connectivity index (χ2n) is 5.34. The number of nitrogens with zero attached hydrogens (tertiary/aromatic N) is 1. The lowest BCUT2D eigenvalue weighted by Crippen LogP contribution is -2.15. The van der Waals surface area contributed by atoms with Crippen molar-refractivity contribution in [3.05, 3.63) is 66.4 Å². The van der Waals surface area contributed by atoms with Gasteiger partial charge >= 0.3 is 0 Å². The number of hydrogen-bond donors (Lipinski definition) is 1. The van der Waals surface area contributed by atoms with Gasteiger partial charge in [-0.25, -0.2) is 0 Å². The van der Waals surface area contributed by atoms with E-state index in [9.17, 15) is 4.79 Å². The summed E-state index contributed by atoms with van der Waals surface area (Å²) in [5.41, 5.74) is 2.77. The highest BCUT2D eigenvalue weighted by Gasteiger charge is 2.06. The quantitative estimate of drug-likeness (QED) is 0.776. The predicted octanol–water partition coefficient (Wildman–Crippen LogP) is 3.95. The van der Waals surface area contributed by atoms with E-state index >= 15 is 0 Å². The van der Waals surface area contributed by atoms with Crippen LogP contribution in [-0.2, 0) is 4.79 Å². The van der Waals surface area contributed by atoms with Crippen molar-refractivity contribution in [2.75, 3.05) is 11.9 Å². The molecule has 0 spiro atoms. The van der Waals surface area contributed by atoms with Gasteiger partial charge in [0.25, 0.3) is 0 Å². The van der Waals surface area contributed by atoms with Crippen molar-refractivity contribution in [3.8, 4) is 5.75 Å². The van der Waals surface area contributed by atoms with Crippen LogP contribution in [0.25, 0.3) is 10.9 Å². The SMILES string of the molecule is Cc1cccc(OCCC(=O)Nc2cccc3ncccc23)c1. The smallest absolute Gasteiger partial charge is 0.227 e. The van der Waals surface area contributed by atoms with E-state index < -0.39 is 0 Å². The first-order valence-electron chi connectivity index (χ1n) is 7.55. The van der Waals surface area contributed by atoms with Crippen molar-refractivity contribution in [2.45, 2.75) is 13.3 Å². The Morgan fingerprint density at radius 1 is 1.13 bits per heavy atom. The molecule has 0 aliphatic heterocycles. The van der Waals surface area contributed by atoms with E-state index in [2.05, 4.69) is 10.3 Å². The topological polar surface area (TPSA) is 51.2 Å². The summed E-state index contributed by atoms with van der Waals surface area (Å²) < 4.78 is 5.61. The first-order chi connectivity index (χ1) is 11.2. The zero-order chi connectivity index (χ0) is 16.1. The molecule has 1 aromatic heterocycles. The Labute approximate surface area is 135 Å². The van der Waals surface area contributed by atoms with E-state index in [0.29, 0.717) is 13.0 Å². The van der Waals surface area contributed by atoms with E-state index in [1.54, 1.807) is 6.20 Å². The minimum atomic E-state index is -0.0750. The fourth-order valence-electron chi connectivity index (χ4n) is 2.39. The summed E-state index contributed by atoms with van der Waals surface area (Å²) in [4.78, 5) is 16.4. The van der Waals surface area contributed by atoms with Crippen molar-refractivity contribution in [1.29, 1.82) is 0 Å².